The second kappa shape index (κ2) is 6.60. The predicted molar refractivity (Wildman–Crippen MR) is 89.2 cm³/mol. The summed E-state index contributed by atoms with van der Waals surface area (Å²) in [5.74, 6) is -3.28. The molecule has 0 saturated heterocycles. The van der Waals surface area contributed by atoms with Crippen molar-refractivity contribution in [1.29, 1.82) is 0 Å². The lowest BCUT2D eigenvalue weighted by Gasteiger charge is -2.26. The standard InChI is InChI=1S/C17H14ClF3N4O/c1-17(2,26-14-12(20)6-9(19)7-13(14)21)16-24-23-15(25(16)3)10-4-5-22-8-11(10)18/h4-8H,1-3H3. The molecule has 0 fully saturated rings. The number of halogens is 4. The average Bonchev–Trinajstić information content (AvgIpc) is 2.94. The maximum Gasteiger partial charge on any atom is 0.192 e. The van der Waals surface area contributed by atoms with Gasteiger partial charge in [-0.25, -0.2) is 13.2 Å². The molecule has 2 aromatic heterocycles. The third-order valence-electron chi connectivity index (χ3n) is 3.75. The minimum Gasteiger partial charge on any atom is -0.474 e. The van der Waals surface area contributed by atoms with E-state index in [2.05, 4.69) is 15.2 Å². The van der Waals surface area contributed by atoms with Gasteiger partial charge in [0.15, 0.2) is 34.6 Å². The maximum atomic E-state index is 13.9. The van der Waals surface area contributed by atoms with Gasteiger partial charge in [0.25, 0.3) is 0 Å². The molecule has 0 spiro atoms. The van der Waals surface area contributed by atoms with Crippen LogP contribution in [0.3, 0.4) is 0 Å². The van der Waals surface area contributed by atoms with E-state index in [1.807, 2.05) is 0 Å². The number of hydrogen-bond donors (Lipinski definition) is 0. The Morgan fingerprint density at radius 2 is 1.77 bits per heavy atom. The van der Waals surface area contributed by atoms with E-state index in [1.165, 1.54) is 6.20 Å². The van der Waals surface area contributed by atoms with Gasteiger partial charge in [0, 0.05) is 37.1 Å². The summed E-state index contributed by atoms with van der Waals surface area (Å²) in [6.45, 7) is 3.13. The topological polar surface area (TPSA) is 52.8 Å². The highest BCUT2D eigenvalue weighted by atomic mass is 35.5. The SMILES string of the molecule is Cn1c(-c2ccncc2Cl)nnc1C(C)(C)Oc1c(F)cc(F)cc1F. The number of nitrogens with zero attached hydrogens (tertiary/aromatic N) is 4. The molecule has 0 N–H and O–H groups in total. The molecule has 0 aliphatic carbocycles. The van der Waals surface area contributed by atoms with Gasteiger partial charge in [0.05, 0.1) is 5.02 Å². The van der Waals surface area contributed by atoms with Crippen LogP contribution < -0.4 is 4.74 Å². The van der Waals surface area contributed by atoms with Crippen molar-refractivity contribution in [2.45, 2.75) is 19.4 Å². The second-order valence-electron chi connectivity index (χ2n) is 6.07. The molecule has 0 aliphatic rings. The van der Waals surface area contributed by atoms with Crippen molar-refractivity contribution in [2.24, 2.45) is 7.05 Å². The second-order valence-corrected chi connectivity index (χ2v) is 6.48. The van der Waals surface area contributed by atoms with Crippen molar-refractivity contribution in [3.05, 3.63) is 58.9 Å². The van der Waals surface area contributed by atoms with Crippen LogP contribution in [0.4, 0.5) is 13.2 Å². The Hall–Kier alpha value is -2.61. The van der Waals surface area contributed by atoms with Gasteiger partial charge in [-0.1, -0.05) is 11.6 Å². The first-order chi connectivity index (χ1) is 12.2. The van der Waals surface area contributed by atoms with Crippen LogP contribution in [0.5, 0.6) is 5.75 Å². The van der Waals surface area contributed by atoms with Crippen LogP contribution in [0.25, 0.3) is 11.4 Å². The molecule has 0 radical (unpaired) electrons. The van der Waals surface area contributed by atoms with Crippen molar-refractivity contribution in [2.75, 3.05) is 0 Å². The van der Waals surface area contributed by atoms with Crippen molar-refractivity contribution in [3.8, 4) is 17.1 Å². The lowest BCUT2D eigenvalue weighted by atomic mass is 10.1. The van der Waals surface area contributed by atoms with E-state index >= 15 is 0 Å². The van der Waals surface area contributed by atoms with Crippen molar-refractivity contribution >= 4 is 11.6 Å². The summed E-state index contributed by atoms with van der Waals surface area (Å²) in [6, 6.07) is 2.77. The number of hydrogen-bond acceptors (Lipinski definition) is 4. The lowest BCUT2D eigenvalue weighted by molar-refractivity contribution is 0.0833. The van der Waals surface area contributed by atoms with Crippen LogP contribution in [0.2, 0.25) is 5.02 Å². The highest BCUT2D eigenvalue weighted by Crippen LogP contribution is 2.33. The summed E-state index contributed by atoms with van der Waals surface area (Å²) in [4.78, 5) is 3.91. The molecule has 2 heterocycles. The summed E-state index contributed by atoms with van der Waals surface area (Å²) in [5, 5.41) is 8.53. The fourth-order valence-electron chi connectivity index (χ4n) is 2.57. The van der Waals surface area contributed by atoms with Crippen molar-refractivity contribution < 1.29 is 17.9 Å². The Kier molecular flexibility index (Phi) is 4.62. The normalized spacial score (nSPS) is 11.7. The van der Waals surface area contributed by atoms with E-state index in [1.54, 1.807) is 37.7 Å². The van der Waals surface area contributed by atoms with Gasteiger partial charge < -0.3 is 9.30 Å². The lowest BCUT2D eigenvalue weighted by Crippen LogP contribution is -2.30. The van der Waals surface area contributed by atoms with Crippen molar-refractivity contribution in [3.63, 3.8) is 0 Å². The zero-order valence-corrected chi connectivity index (χ0v) is 14.9. The van der Waals surface area contributed by atoms with Gasteiger partial charge in [-0.15, -0.1) is 10.2 Å². The minimum absolute atomic E-state index is 0.295. The van der Waals surface area contributed by atoms with Crippen LogP contribution in [0, 0.1) is 17.5 Å². The largest absolute Gasteiger partial charge is 0.474 e. The van der Waals surface area contributed by atoms with Crippen molar-refractivity contribution in [1.82, 2.24) is 19.7 Å². The quantitative estimate of drug-likeness (QED) is 0.676. The highest BCUT2D eigenvalue weighted by Gasteiger charge is 2.32. The fourth-order valence-corrected chi connectivity index (χ4v) is 2.78. The first kappa shape index (κ1) is 18.2. The van der Waals surface area contributed by atoms with Crippen LogP contribution in [-0.2, 0) is 12.6 Å². The molecule has 0 aliphatic heterocycles. The number of ether oxygens (including phenoxy) is 1. The molecule has 3 aromatic rings. The van der Waals surface area contributed by atoms with E-state index in [0.29, 0.717) is 34.4 Å². The zero-order chi connectivity index (χ0) is 19.1. The molecular weight excluding hydrogens is 369 g/mol. The molecule has 0 bridgehead atoms. The number of benzene rings is 1. The summed E-state index contributed by atoms with van der Waals surface area (Å²) >= 11 is 6.13. The van der Waals surface area contributed by atoms with Gasteiger partial charge in [-0.05, 0) is 19.9 Å². The molecule has 5 nitrogen and oxygen atoms in total. The molecule has 1 aromatic carbocycles. The van der Waals surface area contributed by atoms with E-state index in [9.17, 15) is 13.2 Å². The van der Waals surface area contributed by atoms with E-state index in [4.69, 9.17) is 16.3 Å². The molecule has 26 heavy (non-hydrogen) atoms. The zero-order valence-electron chi connectivity index (χ0n) is 14.1. The molecule has 0 atom stereocenters. The molecule has 0 unspecified atom stereocenters. The van der Waals surface area contributed by atoms with Gasteiger partial charge >= 0.3 is 0 Å². The molecule has 0 amide bonds. The monoisotopic (exact) mass is 382 g/mol. The van der Waals surface area contributed by atoms with Crippen LogP contribution in [-0.4, -0.2) is 19.7 Å². The summed E-state index contributed by atoms with van der Waals surface area (Å²) in [7, 11) is 1.67. The molecular formula is C17H14ClF3N4O. The molecule has 136 valence electrons. The Morgan fingerprint density at radius 1 is 1.12 bits per heavy atom. The van der Waals surface area contributed by atoms with E-state index in [0.717, 1.165) is 0 Å². The maximum absolute atomic E-state index is 13.9. The van der Waals surface area contributed by atoms with Gasteiger partial charge in [0.2, 0.25) is 0 Å². The third kappa shape index (κ3) is 3.24. The average molecular weight is 383 g/mol. The summed E-state index contributed by atoms with van der Waals surface area (Å²) in [5.41, 5.74) is -0.670. The van der Waals surface area contributed by atoms with E-state index < -0.39 is 28.8 Å². The van der Waals surface area contributed by atoms with Gasteiger partial charge in [0.1, 0.15) is 5.82 Å². The fraction of sp³-hybridized carbons (Fsp3) is 0.235. The van der Waals surface area contributed by atoms with Gasteiger partial charge in [-0.3, -0.25) is 4.98 Å². The molecule has 3 rings (SSSR count). The first-order valence-corrected chi connectivity index (χ1v) is 7.92. The van der Waals surface area contributed by atoms with Crippen LogP contribution in [0.15, 0.2) is 30.6 Å². The van der Waals surface area contributed by atoms with Crippen LogP contribution >= 0.6 is 11.6 Å². The Morgan fingerprint density at radius 3 is 2.38 bits per heavy atom. The minimum atomic E-state index is -1.26. The molecule has 0 saturated carbocycles. The summed E-state index contributed by atoms with van der Waals surface area (Å²) < 4.78 is 48.0. The predicted octanol–water partition coefficient (Wildman–Crippen LogP) is 4.26. The number of pyridine rings is 1. The number of rotatable bonds is 4. The highest BCUT2D eigenvalue weighted by molar-refractivity contribution is 6.33. The smallest absolute Gasteiger partial charge is 0.192 e. The molecule has 9 heteroatoms. The van der Waals surface area contributed by atoms with Gasteiger partial charge in [-0.2, -0.15) is 0 Å². The Labute approximate surface area is 152 Å². The first-order valence-electron chi connectivity index (χ1n) is 7.54. The Balaban J connectivity index is 2.00. The summed E-state index contributed by atoms with van der Waals surface area (Å²) in [6.07, 6.45) is 3.02. The van der Waals surface area contributed by atoms with E-state index in [-0.39, 0.29) is 0 Å². The Bertz CT molecular complexity index is 951. The number of aromatic nitrogens is 4. The third-order valence-corrected chi connectivity index (χ3v) is 4.05. The van der Waals surface area contributed by atoms with Crippen LogP contribution in [0.1, 0.15) is 19.7 Å².